The number of amides is 1. The van der Waals surface area contributed by atoms with Gasteiger partial charge in [-0.15, -0.1) is 0 Å². The van der Waals surface area contributed by atoms with Gasteiger partial charge in [0.25, 0.3) is 10.0 Å². The molecule has 1 fully saturated rings. The van der Waals surface area contributed by atoms with E-state index in [2.05, 4.69) is 26.8 Å². The third-order valence-electron chi connectivity index (χ3n) is 6.64. The van der Waals surface area contributed by atoms with Crippen molar-refractivity contribution < 1.29 is 36.7 Å². The van der Waals surface area contributed by atoms with Crippen molar-refractivity contribution >= 4 is 32.9 Å². The zero-order valence-electron chi connectivity index (χ0n) is 25.2. The van der Waals surface area contributed by atoms with Gasteiger partial charge in [0.2, 0.25) is 0 Å². The predicted molar refractivity (Wildman–Crippen MR) is 160 cm³/mol. The van der Waals surface area contributed by atoms with Gasteiger partial charge >= 0.3 is 6.09 Å². The number of carbonyl (C=O) groups excluding carboxylic acids is 1. The molecule has 232 valence electrons. The van der Waals surface area contributed by atoms with Gasteiger partial charge in [0.05, 0.1) is 33.8 Å². The molecule has 1 amide bonds. The zero-order valence-corrected chi connectivity index (χ0v) is 26.0. The van der Waals surface area contributed by atoms with E-state index >= 15 is 0 Å². The second-order valence-electron chi connectivity index (χ2n) is 11.1. The minimum absolute atomic E-state index is 0.0198. The lowest BCUT2D eigenvalue weighted by Gasteiger charge is -2.37. The van der Waals surface area contributed by atoms with Crippen LogP contribution in [0.25, 0.3) is 11.0 Å². The molecule has 3 heterocycles. The maximum Gasteiger partial charge on any atom is 0.410 e. The van der Waals surface area contributed by atoms with Crippen LogP contribution in [0, 0.1) is 17.8 Å². The summed E-state index contributed by atoms with van der Waals surface area (Å²) < 4.78 is 59.0. The lowest BCUT2D eigenvalue weighted by Crippen LogP contribution is -2.51. The summed E-state index contributed by atoms with van der Waals surface area (Å²) in [4.78, 5) is 13.5. The van der Waals surface area contributed by atoms with Gasteiger partial charge in [-0.25, -0.2) is 13.2 Å². The SMILES string of the molecule is COc1cc(C#CC2CN(C(=O)OC(C)(C)C)C2)cc(OC)c1S(=O)(=O)Nc1noc2cc(Cn3cccn3)cc(OC)c12. The summed E-state index contributed by atoms with van der Waals surface area (Å²) in [7, 11) is -0.129. The molecule has 14 heteroatoms. The third kappa shape index (κ3) is 6.52. The number of ether oxygens (including phenoxy) is 4. The topological polar surface area (TPSA) is 147 Å². The van der Waals surface area contributed by atoms with Crippen LogP contribution in [0.3, 0.4) is 0 Å². The molecule has 0 aliphatic carbocycles. The van der Waals surface area contributed by atoms with E-state index < -0.39 is 15.6 Å². The number of fused-ring (bicyclic) bond motifs is 1. The lowest BCUT2D eigenvalue weighted by atomic mass is 10.0. The monoisotopic (exact) mass is 623 g/mol. The molecule has 2 aromatic heterocycles. The molecule has 1 aliphatic heterocycles. The average molecular weight is 624 g/mol. The van der Waals surface area contributed by atoms with Crippen molar-refractivity contribution in [3.63, 3.8) is 0 Å². The number of aromatic nitrogens is 3. The van der Waals surface area contributed by atoms with Crippen LogP contribution in [-0.4, -0.2) is 74.4 Å². The van der Waals surface area contributed by atoms with Crippen molar-refractivity contribution in [2.24, 2.45) is 5.92 Å². The standard InChI is InChI=1S/C30H33N5O8S/c1-30(2,3)42-29(36)34-16-20(17-34)9-8-19-12-24(40-5)27(25(13-19)41-6)44(37,38)33-28-26-22(39-4)14-21(15-23(26)43-32-28)18-35-11-7-10-31-35/h7,10-15,20H,16-18H2,1-6H3,(H,32,33). The summed E-state index contributed by atoms with van der Waals surface area (Å²) >= 11 is 0. The fourth-order valence-corrected chi connectivity index (χ4v) is 5.93. The second-order valence-corrected chi connectivity index (χ2v) is 12.7. The summed E-state index contributed by atoms with van der Waals surface area (Å²) in [5.41, 5.74) is 1.06. The van der Waals surface area contributed by atoms with E-state index in [-0.39, 0.29) is 34.2 Å². The van der Waals surface area contributed by atoms with Crippen LogP contribution in [0.15, 0.2) is 52.1 Å². The summed E-state index contributed by atoms with van der Waals surface area (Å²) in [6.45, 7) is 6.76. The molecule has 1 N–H and O–H groups in total. The van der Waals surface area contributed by atoms with Crippen molar-refractivity contribution in [1.82, 2.24) is 19.8 Å². The Morgan fingerprint density at radius 3 is 2.34 bits per heavy atom. The number of sulfonamides is 1. The number of methoxy groups -OCH3 is 3. The molecule has 0 saturated carbocycles. The Hall–Kier alpha value is -4.90. The first kappa shape index (κ1) is 30.6. The molecule has 5 rings (SSSR count). The van der Waals surface area contributed by atoms with E-state index in [0.29, 0.717) is 41.9 Å². The van der Waals surface area contributed by atoms with Crippen LogP contribution >= 0.6 is 0 Å². The van der Waals surface area contributed by atoms with Crippen molar-refractivity contribution in [2.75, 3.05) is 39.1 Å². The lowest BCUT2D eigenvalue weighted by molar-refractivity contribution is 0.00591. The molecule has 0 unspecified atom stereocenters. The van der Waals surface area contributed by atoms with E-state index in [0.717, 1.165) is 5.56 Å². The van der Waals surface area contributed by atoms with Crippen LogP contribution in [0.5, 0.6) is 17.2 Å². The number of carbonyl (C=O) groups is 1. The fraction of sp³-hybridized carbons (Fsp3) is 0.367. The van der Waals surface area contributed by atoms with E-state index in [1.807, 2.05) is 33.0 Å². The van der Waals surface area contributed by atoms with E-state index in [1.165, 1.54) is 33.5 Å². The molecule has 0 bridgehead atoms. The van der Waals surface area contributed by atoms with Crippen LogP contribution in [-0.2, 0) is 21.3 Å². The number of hydrogen-bond donors (Lipinski definition) is 1. The fourth-order valence-electron chi connectivity index (χ4n) is 4.62. The highest BCUT2D eigenvalue weighted by Gasteiger charge is 2.33. The summed E-state index contributed by atoms with van der Waals surface area (Å²) in [5.74, 6) is 6.44. The normalized spacial score (nSPS) is 13.5. The Kier molecular flexibility index (Phi) is 8.33. The average Bonchev–Trinajstić information content (AvgIpc) is 3.59. The molecule has 1 saturated heterocycles. The number of nitrogens with zero attached hydrogens (tertiary/aromatic N) is 4. The number of nitrogens with one attached hydrogen (secondary N) is 1. The Labute approximate surface area is 255 Å². The van der Waals surface area contributed by atoms with Crippen LogP contribution in [0.2, 0.25) is 0 Å². The molecule has 44 heavy (non-hydrogen) atoms. The molecular weight excluding hydrogens is 590 g/mol. The number of hydrogen-bond acceptors (Lipinski definition) is 10. The van der Waals surface area contributed by atoms with Gasteiger partial charge in [0.1, 0.15) is 28.2 Å². The minimum atomic E-state index is -4.31. The molecule has 0 radical (unpaired) electrons. The third-order valence-corrected chi connectivity index (χ3v) is 8.04. The number of anilines is 1. The molecule has 0 spiro atoms. The van der Waals surface area contributed by atoms with Gasteiger partial charge in [-0.3, -0.25) is 9.40 Å². The maximum absolute atomic E-state index is 13.7. The first-order valence-electron chi connectivity index (χ1n) is 13.6. The molecule has 2 aromatic carbocycles. The van der Waals surface area contributed by atoms with Crippen molar-refractivity contribution in [1.29, 1.82) is 0 Å². The molecule has 13 nitrogen and oxygen atoms in total. The minimum Gasteiger partial charge on any atom is -0.496 e. The highest BCUT2D eigenvalue weighted by molar-refractivity contribution is 7.93. The number of benzene rings is 2. The zero-order chi connectivity index (χ0) is 31.6. The Bertz CT molecular complexity index is 1820. The number of likely N-dealkylation sites (tertiary alicyclic amines) is 1. The largest absolute Gasteiger partial charge is 0.496 e. The van der Waals surface area contributed by atoms with Crippen LogP contribution < -0.4 is 18.9 Å². The number of rotatable bonds is 8. The molecule has 0 atom stereocenters. The van der Waals surface area contributed by atoms with E-state index in [4.69, 9.17) is 23.5 Å². The van der Waals surface area contributed by atoms with Gasteiger partial charge in [0.15, 0.2) is 16.3 Å². The highest BCUT2D eigenvalue weighted by atomic mass is 32.2. The van der Waals surface area contributed by atoms with Gasteiger partial charge in [-0.1, -0.05) is 17.0 Å². The highest BCUT2D eigenvalue weighted by Crippen LogP contribution is 2.39. The van der Waals surface area contributed by atoms with Gasteiger partial charge in [-0.05, 0) is 56.7 Å². The van der Waals surface area contributed by atoms with Gasteiger partial charge in [-0.2, -0.15) is 5.10 Å². The van der Waals surface area contributed by atoms with Crippen molar-refractivity contribution in [3.8, 4) is 29.1 Å². The first-order valence-corrected chi connectivity index (χ1v) is 15.1. The Morgan fingerprint density at radius 2 is 1.75 bits per heavy atom. The maximum atomic E-state index is 13.7. The summed E-state index contributed by atoms with van der Waals surface area (Å²) in [5, 5.41) is 8.53. The van der Waals surface area contributed by atoms with E-state index in [9.17, 15) is 13.2 Å². The Balaban J connectivity index is 1.38. The Morgan fingerprint density at radius 1 is 1.07 bits per heavy atom. The van der Waals surface area contributed by atoms with Gasteiger partial charge in [0, 0.05) is 31.0 Å². The van der Waals surface area contributed by atoms with E-state index in [1.54, 1.807) is 27.9 Å². The van der Waals surface area contributed by atoms with Crippen molar-refractivity contribution in [2.45, 2.75) is 37.8 Å². The van der Waals surface area contributed by atoms with Crippen LogP contribution in [0.1, 0.15) is 31.9 Å². The van der Waals surface area contributed by atoms with Crippen LogP contribution in [0.4, 0.5) is 10.6 Å². The van der Waals surface area contributed by atoms with Gasteiger partial charge < -0.3 is 28.4 Å². The molecule has 4 aromatic rings. The first-order chi connectivity index (χ1) is 20.9. The predicted octanol–water partition coefficient (Wildman–Crippen LogP) is 4.12. The quantitative estimate of drug-likeness (QED) is 0.284. The smallest absolute Gasteiger partial charge is 0.410 e. The summed E-state index contributed by atoms with van der Waals surface area (Å²) in [6.07, 6.45) is 3.11. The molecular formula is C30H33N5O8S. The second kappa shape index (κ2) is 12.0. The summed E-state index contributed by atoms with van der Waals surface area (Å²) in [6, 6.07) is 8.35. The molecule has 1 aliphatic rings. The van der Waals surface area contributed by atoms with Crippen molar-refractivity contribution in [3.05, 3.63) is 53.9 Å².